The van der Waals surface area contributed by atoms with Gasteiger partial charge in [-0.05, 0) is 58.6 Å². The first-order valence-corrected chi connectivity index (χ1v) is 7.82. The number of hydrogen-bond acceptors (Lipinski definition) is 4. The zero-order valence-electron chi connectivity index (χ0n) is 14.2. The summed E-state index contributed by atoms with van der Waals surface area (Å²) in [5, 5.41) is 0. The molecular weight excluding hydrogens is 280 g/mol. The van der Waals surface area contributed by atoms with Crippen molar-refractivity contribution >= 4 is 6.09 Å². The molecule has 0 radical (unpaired) electrons. The molecule has 0 aliphatic carbocycles. The van der Waals surface area contributed by atoms with Gasteiger partial charge in [-0.1, -0.05) is 0 Å². The lowest BCUT2D eigenvalue weighted by Gasteiger charge is -2.37. The Labute approximate surface area is 132 Å². The fourth-order valence-corrected chi connectivity index (χ4v) is 2.80. The van der Waals surface area contributed by atoms with Crippen LogP contribution in [-0.4, -0.2) is 35.2 Å². The minimum absolute atomic E-state index is 0.0284. The van der Waals surface area contributed by atoms with Crippen LogP contribution >= 0.6 is 0 Å². The Balaban J connectivity index is 2.22. The number of piperidine rings is 1. The highest BCUT2D eigenvalue weighted by molar-refractivity contribution is 5.69. The van der Waals surface area contributed by atoms with Gasteiger partial charge in [-0.15, -0.1) is 0 Å². The van der Waals surface area contributed by atoms with E-state index < -0.39 is 5.60 Å². The Morgan fingerprint density at radius 1 is 1.36 bits per heavy atom. The molecule has 22 heavy (non-hydrogen) atoms. The standard InChI is InChI=1S/C17H26N2O3/c1-12-10-13(11-18-15(12)21-5)14-8-6-7-9-19(14)16(20)22-17(2,3)4/h10-11,14H,6-9H2,1-5H3/t14-/m0/s1. The molecule has 2 heterocycles. The van der Waals surface area contributed by atoms with Crippen molar-refractivity contribution in [1.82, 2.24) is 9.88 Å². The summed E-state index contributed by atoms with van der Waals surface area (Å²) in [5.41, 5.74) is 1.55. The van der Waals surface area contributed by atoms with E-state index in [4.69, 9.17) is 9.47 Å². The SMILES string of the molecule is COc1ncc([C@@H]2CCCCN2C(=O)OC(C)(C)C)cc1C. The maximum Gasteiger partial charge on any atom is 0.410 e. The number of methoxy groups -OCH3 is 1. The van der Waals surface area contributed by atoms with Crippen LogP contribution in [-0.2, 0) is 4.74 Å². The van der Waals surface area contributed by atoms with Crippen LogP contribution in [0.3, 0.4) is 0 Å². The fourth-order valence-electron chi connectivity index (χ4n) is 2.80. The predicted octanol–water partition coefficient (Wildman–Crippen LogP) is 3.86. The lowest BCUT2D eigenvalue weighted by Crippen LogP contribution is -2.41. The highest BCUT2D eigenvalue weighted by atomic mass is 16.6. The van der Waals surface area contributed by atoms with E-state index in [2.05, 4.69) is 11.1 Å². The summed E-state index contributed by atoms with van der Waals surface area (Å²) in [4.78, 5) is 18.6. The molecule has 1 amide bonds. The van der Waals surface area contributed by atoms with Crippen LogP contribution in [0, 0.1) is 6.92 Å². The molecule has 1 saturated heterocycles. The molecule has 1 aromatic heterocycles. The molecule has 0 aromatic carbocycles. The number of ether oxygens (including phenoxy) is 2. The molecule has 0 unspecified atom stereocenters. The molecule has 1 aromatic rings. The van der Waals surface area contributed by atoms with E-state index in [1.54, 1.807) is 13.3 Å². The van der Waals surface area contributed by atoms with Crippen LogP contribution < -0.4 is 4.74 Å². The first-order chi connectivity index (χ1) is 10.3. The molecule has 1 atom stereocenters. The first kappa shape index (κ1) is 16.6. The number of pyridine rings is 1. The number of rotatable bonds is 2. The van der Waals surface area contributed by atoms with Crippen LogP contribution in [0.15, 0.2) is 12.3 Å². The Morgan fingerprint density at radius 2 is 2.09 bits per heavy atom. The third kappa shape index (κ3) is 3.90. The van der Waals surface area contributed by atoms with Crippen LogP contribution in [0.2, 0.25) is 0 Å². The van der Waals surface area contributed by atoms with Gasteiger partial charge in [0.05, 0.1) is 13.2 Å². The predicted molar refractivity (Wildman–Crippen MR) is 85.1 cm³/mol. The maximum absolute atomic E-state index is 12.5. The summed E-state index contributed by atoms with van der Waals surface area (Å²) in [6.07, 6.45) is 4.62. The largest absolute Gasteiger partial charge is 0.481 e. The van der Waals surface area contributed by atoms with Gasteiger partial charge in [-0.3, -0.25) is 0 Å². The average molecular weight is 306 g/mol. The minimum Gasteiger partial charge on any atom is -0.481 e. The van der Waals surface area contributed by atoms with Crippen LogP contribution in [0.1, 0.15) is 57.2 Å². The molecular formula is C17H26N2O3. The molecule has 1 aliphatic heterocycles. The van der Waals surface area contributed by atoms with Crippen molar-refractivity contribution < 1.29 is 14.3 Å². The normalized spacial score (nSPS) is 19.0. The Kier molecular flexibility index (Phi) is 4.94. The van der Waals surface area contributed by atoms with Gasteiger partial charge >= 0.3 is 6.09 Å². The van der Waals surface area contributed by atoms with Crippen LogP contribution in [0.25, 0.3) is 0 Å². The summed E-state index contributed by atoms with van der Waals surface area (Å²) in [6, 6.07) is 2.08. The van der Waals surface area contributed by atoms with E-state index in [-0.39, 0.29) is 12.1 Å². The quantitative estimate of drug-likeness (QED) is 0.832. The second kappa shape index (κ2) is 6.55. The van der Waals surface area contributed by atoms with E-state index in [0.717, 1.165) is 36.9 Å². The molecule has 5 nitrogen and oxygen atoms in total. The van der Waals surface area contributed by atoms with Crippen molar-refractivity contribution in [3.63, 3.8) is 0 Å². The molecule has 0 spiro atoms. The molecule has 1 fully saturated rings. The highest BCUT2D eigenvalue weighted by Crippen LogP contribution is 2.33. The fraction of sp³-hybridized carbons (Fsp3) is 0.647. The molecule has 1 aliphatic rings. The van der Waals surface area contributed by atoms with Gasteiger partial charge in [0.1, 0.15) is 5.60 Å². The highest BCUT2D eigenvalue weighted by Gasteiger charge is 2.31. The number of nitrogens with zero attached hydrogens (tertiary/aromatic N) is 2. The molecule has 0 N–H and O–H groups in total. The zero-order chi connectivity index (χ0) is 16.3. The lowest BCUT2D eigenvalue weighted by molar-refractivity contribution is 0.00947. The van der Waals surface area contributed by atoms with Gasteiger partial charge in [0.15, 0.2) is 0 Å². The van der Waals surface area contributed by atoms with Gasteiger partial charge in [0.25, 0.3) is 0 Å². The Hall–Kier alpha value is -1.78. The monoisotopic (exact) mass is 306 g/mol. The van der Waals surface area contributed by atoms with E-state index in [9.17, 15) is 4.79 Å². The second-order valence-electron chi connectivity index (χ2n) is 6.78. The number of likely N-dealkylation sites (tertiary alicyclic amines) is 1. The number of carbonyl (C=O) groups is 1. The molecule has 2 rings (SSSR count). The summed E-state index contributed by atoms with van der Waals surface area (Å²) in [7, 11) is 1.61. The Morgan fingerprint density at radius 3 is 2.68 bits per heavy atom. The number of carbonyl (C=O) groups excluding carboxylic acids is 1. The lowest BCUT2D eigenvalue weighted by atomic mass is 9.96. The summed E-state index contributed by atoms with van der Waals surface area (Å²) < 4.78 is 10.8. The van der Waals surface area contributed by atoms with E-state index >= 15 is 0 Å². The molecule has 5 heteroatoms. The maximum atomic E-state index is 12.5. The van der Waals surface area contributed by atoms with Crippen molar-refractivity contribution in [2.24, 2.45) is 0 Å². The van der Waals surface area contributed by atoms with Crippen molar-refractivity contribution in [3.8, 4) is 5.88 Å². The van der Waals surface area contributed by atoms with E-state index in [1.165, 1.54) is 0 Å². The minimum atomic E-state index is -0.479. The molecule has 122 valence electrons. The van der Waals surface area contributed by atoms with Crippen molar-refractivity contribution in [3.05, 3.63) is 23.4 Å². The molecule has 0 bridgehead atoms. The van der Waals surface area contributed by atoms with Crippen molar-refractivity contribution in [2.75, 3.05) is 13.7 Å². The smallest absolute Gasteiger partial charge is 0.410 e. The third-order valence-corrected chi connectivity index (χ3v) is 3.76. The second-order valence-corrected chi connectivity index (χ2v) is 6.78. The summed E-state index contributed by atoms with van der Waals surface area (Å²) in [5.74, 6) is 0.628. The number of hydrogen-bond donors (Lipinski definition) is 0. The topological polar surface area (TPSA) is 51.7 Å². The first-order valence-electron chi connectivity index (χ1n) is 7.82. The van der Waals surface area contributed by atoms with E-state index in [1.807, 2.05) is 32.6 Å². The van der Waals surface area contributed by atoms with Crippen molar-refractivity contribution in [1.29, 1.82) is 0 Å². The van der Waals surface area contributed by atoms with Gasteiger partial charge < -0.3 is 14.4 Å². The number of aromatic nitrogens is 1. The van der Waals surface area contributed by atoms with Gasteiger partial charge in [0.2, 0.25) is 5.88 Å². The Bertz CT molecular complexity index is 537. The van der Waals surface area contributed by atoms with Crippen molar-refractivity contribution in [2.45, 2.75) is 58.6 Å². The summed E-state index contributed by atoms with van der Waals surface area (Å²) >= 11 is 0. The average Bonchev–Trinajstić information content (AvgIpc) is 2.45. The van der Waals surface area contributed by atoms with Crippen LogP contribution in [0.4, 0.5) is 4.79 Å². The van der Waals surface area contributed by atoms with Gasteiger partial charge in [-0.2, -0.15) is 0 Å². The number of aryl methyl sites for hydroxylation is 1. The van der Waals surface area contributed by atoms with E-state index in [0.29, 0.717) is 5.88 Å². The van der Waals surface area contributed by atoms with Gasteiger partial charge in [0, 0.05) is 18.3 Å². The zero-order valence-corrected chi connectivity index (χ0v) is 14.2. The van der Waals surface area contributed by atoms with Crippen LogP contribution in [0.5, 0.6) is 5.88 Å². The van der Waals surface area contributed by atoms with Gasteiger partial charge in [-0.25, -0.2) is 9.78 Å². The summed E-state index contributed by atoms with van der Waals surface area (Å²) in [6.45, 7) is 8.37. The third-order valence-electron chi connectivity index (χ3n) is 3.76. The number of amides is 1. The molecule has 0 saturated carbocycles.